The lowest BCUT2D eigenvalue weighted by Crippen LogP contribution is -2.44. The summed E-state index contributed by atoms with van der Waals surface area (Å²) in [6, 6.07) is 5.54. The van der Waals surface area contributed by atoms with Gasteiger partial charge >= 0.3 is 0 Å². The highest BCUT2D eigenvalue weighted by Crippen LogP contribution is 2.31. The molecule has 3 rings (SSSR count). The third-order valence-electron chi connectivity index (χ3n) is 3.29. The Labute approximate surface area is 127 Å². The molecule has 1 aromatic carbocycles. The Kier molecular flexibility index (Phi) is 4.05. The minimum absolute atomic E-state index is 0.529. The average Bonchev–Trinajstić information content (AvgIpc) is 2.51. The monoisotopic (exact) mass is 308 g/mol. The third-order valence-corrected chi connectivity index (χ3v) is 4.03. The van der Waals surface area contributed by atoms with E-state index in [1.165, 1.54) is 0 Å². The molecule has 1 aliphatic heterocycles. The minimum atomic E-state index is 0.529. The smallest absolute Gasteiger partial charge is 0.155 e. The Morgan fingerprint density at radius 3 is 2.50 bits per heavy atom. The first-order valence-corrected chi connectivity index (χ1v) is 7.23. The van der Waals surface area contributed by atoms with Gasteiger partial charge in [0.05, 0.1) is 10.0 Å². The summed E-state index contributed by atoms with van der Waals surface area (Å²) in [6.45, 7) is 3.76. The van der Waals surface area contributed by atoms with Crippen LogP contribution in [-0.2, 0) is 0 Å². The maximum absolute atomic E-state index is 6.10. The number of aromatic nitrogens is 2. The van der Waals surface area contributed by atoms with Gasteiger partial charge in [0.1, 0.15) is 5.69 Å². The molecule has 1 fully saturated rings. The van der Waals surface area contributed by atoms with Crippen molar-refractivity contribution in [1.29, 1.82) is 0 Å². The molecular weight excluding hydrogens is 295 g/mol. The van der Waals surface area contributed by atoms with E-state index in [2.05, 4.69) is 20.2 Å². The lowest BCUT2D eigenvalue weighted by Gasteiger charge is -2.29. The Hall–Kier alpha value is -1.36. The summed E-state index contributed by atoms with van der Waals surface area (Å²) in [5, 5.41) is 4.41. The fraction of sp³-hybridized carbons (Fsp3) is 0.286. The largest absolute Gasteiger partial charge is 0.352 e. The van der Waals surface area contributed by atoms with Crippen LogP contribution in [0.25, 0.3) is 11.3 Å². The van der Waals surface area contributed by atoms with Gasteiger partial charge in [0.25, 0.3) is 0 Å². The van der Waals surface area contributed by atoms with E-state index in [1.807, 2.05) is 12.1 Å². The summed E-state index contributed by atoms with van der Waals surface area (Å²) in [5.74, 6) is 0.896. The van der Waals surface area contributed by atoms with Gasteiger partial charge in [-0.3, -0.25) is 4.98 Å². The van der Waals surface area contributed by atoms with Crippen molar-refractivity contribution in [2.45, 2.75) is 0 Å². The number of hydrogen-bond donors (Lipinski definition) is 1. The van der Waals surface area contributed by atoms with Crippen molar-refractivity contribution < 1.29 is 0 Å². The number of benzene rings is 1. The normalized spacial score (nSPS) is 15.4. The first-order chi connectivity index (χ1) is 9.75. The van der Waals surface area contributed by atoms with E-state index in [-0.39, 0.29) is 0 Å². The van der Waals surface area contributed by atoms with Crippen LogP contribution in [0.1, 0.15) is 0 Å². The first kappa shape index (κ1) is 13.6. The molecule has 4 nitrogen and oxygen atoms in total. The highest BCUT2D eigenvalue weighted by molar-refractivity contribution is 6.42. The van der Waals surface area contributed by atoms with Gasteiger partial charge in [-0.15, -0.1) is 0 Å². The maximum atomic E-state index is 6.10. The molecular formula is C14H14Cl2N4. The molecule has 1 aromatic heterocycles. The number of hydrogen-bond acceptors (Lipinski definition) is 4. The Morgan fingerprint density at radius 1 is 1.00 bits per heavy atom. The summed E-state index contributed by atoms with van der Waals surface area (Å²) in [6.07, 6.45) is 3.42. The molecule has 2 aromatic rings. The van der Waals surface area contributed by atoms with E-state index in [0.717, 1.165) is 43.3 Å². The van der Waals surface area contributed by atoms with Gasteiger partial charge in [-0.2, -0.15) is 0 Å². The van der Waals surface area contributed by atoms with Gasteiger partial charge < -0.3 is 10.2 Å². The number of halogens is 2. The van der Waals surface area contributed by atoms with Crippen molar-refractivity contribution >= 4 is 29.0 Å². The SMILES string of the molecule is Clc1ccc(-c2nccnc2N2CCNCC2)cc1Cl. The van der Waals surface area contributed by atoms with E-state index >= 15 is 0 Å². The Morgan fingerprint density at radius 2 is 1.75 bits per heavy atom. The van der Waals surface area contributed by atoms with Crippen molar-refractivity contribution in [3.05, 3.63) is 40.6 Å². The zero-order chi connectivity index (χ0) is 13.9. The van der Waals surface area contributed by atoms with Gasteiger partial charge in [-0.05, 0) is 12.1 Å². The van der Waals surface area contributed by atoms with E-state index in [9.17, 15) is 0 Å². The van der Waals surface area contributed by atoms with Crippen LogP contribution in [0, 0.1) is 0 Å². The molecule has 20 heavy (non-hydrogen) atoms. The molecule has 104 valence electrons. The summed E-state index contributed by atoms with van der Waals surface area (Å²) in [5.41, 5.74) is 1.77. The molecule has 0 radical (unpaired) electrons. The first-order valence-electron chi connectivity index (χ1n) is 6.48. The van der Waals surface area contributed by atoms with Crippen LogP contribution in [0.2, 0.25) is 10.0 Å². The number of piperazine rings is 1. The van der Waals surface area contributed by atoms with E-state index in [0.29, 0.717) is 10.0 Å². The van der Waals surface area contributed by atoms with Gasteiger partial charge in [-0.25, -0.2) is 4.98 Å². The fourth-order valence-corrected chi connectivity index (χ4v) is 2.58. The maximum Gasteiger partial charge on any atom is 0.155 e. The molecule has 0 spiro atoms. The second kappa shape index (κ2) is 5.95. The van der Waals surface area contributed by atoms with Crippen LogP contribution in [-0.4, -0.2) is 36.1 Å². The second-order valence-corrected chi connectivity index (χ2v) is 5.41. The van der Waals surface area contributed by atoms with Crippen LogP contribution in [0.15, 0.2) is 30.6 Å². The number of anilines is 1. The molecule has 0 saturated carbocycles. The predicted molar refractivity (Wildman–Crippen MR) is 82.6 cm³/mol. The zero-order valence-electron chi connectivity index (χ0n) is 10.8. The molecule has 0 unspecified atom stereocenters. The van der Waals surface area contributed by atoms with Crippen LogP contribution in [0.3, 0.4) is 0 Å². The molecule has 1 saturated heterocycles. The molecule has 6 heteroatoms. The van der Waals surface area contributed by atoms with Crippen molar-refractivity contribution in [1.82, 2.24) is 15.3 Å². The Balaban J connectivity index is 2.02. The highest BCUT2D eigenvalue weighted by Gasteiger charge is 2.17. The van der Waals surface area contributed by atoms with Gasteiger partial charge in [0, 0.05) is 44.1 Å². The molecule has 2 heterocycles. The molecule has 1 aliphatic rings. The van der Waals surface area contributed by atoms with Crippen molar-refractivity contribution in [3.8, 4) is 11.3 Å². The van der Waals surface area contributed by atoms with Crippen molar-refractivity contribution in [2.24, 2.45) is 0 Å². The second-order valence-electron chi connectivity index (χ2n) is 4.59. The Bertz CT molecular complexity index is 612. The molecule has 0 atom stereocenters. The van der Waals surface area contributed by atoms with Crippen LogP contribution >= 0.6 is 23.2 Å². The molecule has 0 aliphatic carbocycles. The molecule has 0 amide bonds. The van der Waals surface area contributed by atoms with Crippen LogP contribution in [0.4, 0.5) is 5.82 Å². The number of nitrogens with zero attached hydrogens (tertiary/aromatic N) is 3. The lowest BCUT2D eigenvalue weighted by molar-refractivity contribution is 0.585. The highest BCUT2D eigenvalue weighted by atomic mass is 35.5. The van der Waals surface area contributed by atoms with Crippen molar-refractivity contribution in [2.75, 3.05) is 31.1 Å². The molecule has 0 bridgehead atoms. The predicted octanol–water partition coefficient (Wildman–Crippen LogP) is 2.86. The van der Waals surface area contributed by atoms with Crippen LogP contribution in [0.5, 0.6) is 0 Å². The van der Waals surface area contributed by atoms with Crippen LogP contribution < -0.4 is 10.2 Å². The van der Waals surface area contributed by atoms with Crippen molar-refractivity contribution in [3.63, 3.8) is 0 Å². The summed E-state index contributed by atoms with van der Waals surface area (Å²) in [4.78, 5) is 11.2. The topological polar surface area (TPSA) is 41.1 Å². The van der Waals surface area contributed by atoms with Gasteiger partial charge in [-0.1, -0.05) is 29.3 Å². The van der Waals surface area contributed by atoms with Gasteiger partial charge in [0.2, 0.25) is 0 Å². The van der Waals surface area contributed by atoms with E-state index in [1.54, 1.807) is 18.5 Å². The summed E-state index contributed by atoms with van der Waals surface area (Å²) >= 11 is 12.1. The lowest BCUT2D eigenvalue weighted by atomic mass is 10.1. The third kappa shape index (κ3) is 2.73. The minimum Gasteiger partial charge on any atom is -0.352 e. The standard InChI is InChI=1S/C14H14Cl2N4/c15-11-2-1-10(9-12(11)16)13-14(19-4-3-18-13)20-7-5-17-6-8-20/h1-4,9,17H,5-8H2. The number of rotatable bonds is 2. The quantitative estimate of drug-likeness (QED) is 0.926. The number of nitrogens with one attached hydrogen (secondary N) is 1. The van der Waals surface area contributed by atoms with E-state index in [4.69, 9.17) is 23.2 Å². The molecule has 1 N–H and O–H groups in total. The zero-order valence-corrected chi connectivity index (χ0v) is 12.3. The summed E-state index contributed by atoms with van der Waals surface area (Å²) in [7, 11) is 0. The van der Waals surface area contributed by atoms with E-state index < -0.39 is 0 Å². The summed E-state index contributed by atoms with van der Waals surface area (Å²) < 4.78 is 0. The fourth-order valence-electron chi connectivity index (χ4n) is 2.29. The van der Waals surface area contributed by atoms with Gasteiger partial charge in [0.15, 0.2) is 5.82 Å². The average molecular weight is 309 g/mol.